The Morgan fingerprint density at radius 1 is 1.07 bits per heavy atom. The highest BCUT2D eigenvalue weighted by atomic mass is 16.5. The third-order valence-electron chi connectivity index (χ3n) is 6.35. The molecule has 2 fully saturated rings. The molecule has 1 aromatic carbocycles. The summed E-state index contributed by atoms with van der Waals surface area (Å²) in [6.07, 6.45) is 6.51. The van der Waals surface area contributed by atoms with Gasteiger partial charge in [-0.2, -0.15) is 0 Å². The van der Waals surface area contributed by atoms with E-state index in [2.05, 4.69) is 10.2 Å². The predicted octanol–water partition coefficient (Wildman–Crippen LogP) is 3.42. The fraction of sp³-hybridized carbons (Fsp3) is 0.652. The number of ketones is 1. The lowest BCUT2D eigenvalue weighted by atomic mass is 9.79. The molecule has 1 N–H and O–H groups in total. The lowest BCUT2D eigenvalue weighted by Crippen LogP contribution is -2.59. The lowest BCUT2D eigenvalue weighted by molar-refractivity contribution is -0.122. The highest BCUT2D eigenvalue weighted by molar-refractivity contribution is 5.99. The summed E-state index contributed by atoms with van der Waals surface area (Å²) in [5.41, 5.74) is 2.85. The second-order valence-corrected chi connectivity index (χ2v) is 8.40. The van der Waals surface area contributed by atoms with E-state index >= 15 is 0 Å². The van der Waals surface area contributed by atoms with Crippen molar-refractivity contribution >= 4 is 11.7 Å². The van der Waals surface area contributed by atoms with Crippen molar-refractivity contribution in [3.05, 3.63) is 34.9 Å². The fourth-order valence-corrected chi connectivity index (χ4v) is 4.60. The molecule has 0 aromatic heterocycles. The van der Waals surface area contributed by atoms with Crippen LogP contribution in [-0.2, 0) is 9.53 Å². The van der Waals surface area contributed by atoms with Gasteiger partial charge in [0.1, 0.15) is 0 Å². The number of carbonyl (C=O) groups excluding carboxylic acids is 2. The number of carbonyl (C=O) groups is 2. The number of ether oxygens (including phenoxy) is 1. The minimum absolute atomic E-state index is 0.0168. The Labute approximate surface area is 168 Å². The van der Waals surface area contributed by atoms with Crippen LogP contribution in [0.3, 0.4) is 0 Å². The third kappa shape index (κ3) is 5.21. The Bertz CT molecular complexity index is 689. The van der Waals surface area contributed by atoms with Gasteiger partial charge in [0.15, 0.2) is 5.78 Å². The SMILES string of the molecule is Cc1ccc(C)c(C(=O)CCC(=O)NCC2(N3CCOCC3)CCCCC2)c1. The molecular weight excluding hydrogens is 352 g/mol. The molecule has 1 aliphatic carbocycles. The minimum atomic E-state index is -0.0168. The van der Waals surface area contributed by atoms with Crippen LogP contribution in [0, 0.1) is 13.8 Å². The number of nitrogens with one attached hydrogen (secondary N) is 1. The standard InChI is InChI=1S/C23H34N2O3/c1-18-6-7-19(2)20(16-18)21(26)8-9-22(27)24-17-23(10-4-3-5-11-23)25-12-14-28-15-13-25/h6-7,16H,3-5,8-15,17H2,1-2H3,(H,24,27). The summed E-state index contributed by atoms with van der Waals surface area (Å²) in [4.78, 5) is 27.6. The van der Waals surface area contributed by atoms with Crippen molar-refractivity contribution in [2.75, 3.05) is 32.8 Å². The van der Waals surface area contributed by atoms with Crippen molar-refractivity contribution in [3.8, 4) is 0 Å². The van der Waals surface area contributed by atoms with E-state index in [0.29, 0.717) is 6.54 Å². The number of aryl methyl sites for hydroxylation is 2. The zero-order valence-electron chi connectivity index (χ0n) is 17.4. The van der Waals surface area contributed by atoms with Crippen molar-refractivity contribution < 1.29 is 14.3 Å². The van der Waals surface area contributed by atoms with Crippen molar-refractivity contribution in [2.45, 2.75) is 64.3 Å². The predicted molar refractivity (Wildman–Crippen MR) is 111 cm³/mol. The number of amides is 1. The zero-order chi connectivity index (χ0) is 20.0. The monoisotopic (exact) mass is 386 g/mol. The summed E-state index contributed by atoms with van der Waals surface area (Å²) in [7, 11) is 0. The van der Waals surface area contributed by atoms with Gasteiger partial charge in [-0.05, 0) is 38.3 Å². The van der Waals surface area contributed by atoms with Gasteiger partial charge in [0.2, 0.25) is 5.91 Å². The van der Waals surface area contributed by atoms with E-state index in [1.54, 1.807) is 0 Å². The minimum Gasteiger partial charge on any atom is -0.379 e. The van der Waals surface area contributed by atoms with Gasteiger partial charge in [0.25, 0.3) is 0 Å². The van der Waals surface area contributed by atoms with E-state index in [9.17, 15) is 9.59 Å². The van der Waals surface area contributed by atoms with Crippen molar-refractivity contribution in [3.63, 3.8) is 0 Å². The largest absolute Gasteiger partial charge is 0.379 e. The summed E-state index contributed by atoms with van der Waals surface area (Å²) < 4.78 is 5.52. The van der Waals surface area contributed by atoms with Crippen molar-refractivity contribution in [1.29, 1.82) is 0 Å². The van der Waals surface area contributed by atoms with Gasteiger partial charge in [-0.15, -0.1) is 0 Å². The molecule has 1 heterocycles. The molecule has 0 spiro atoms. The molecule has 5 heteroatoms. The molecule has 154 valence electrons. The van der Waals surface area contributed by atoms with Gasteiger partial charge in [-0.25, -0.2) is 0 Å². The van der Waals surface area contributed by atoms with Crippen LogP contribution in [0.1, 0.15) is 66.4 Å². The van der Waals surface area contributed by atoms with Gasteiger partial charge in [-0.1, -0.05) is 37.0 Å². The molecular formula is C23H34N2O3. The average molecular weight is 387 g/mol. The first-order valence-corrected chi connectivity index (χ1v) is 10.7. The average Bonchev–Trinajstić information content (AvgIpc) is 2.73. The summed E-state index contributed by atoms with van der Waals surface area (Å²) in [5.74, 6) is 0.0359. The van der Waals surface area contributed by atoms with Crippen molar-refractivity contribution in [2.24, 2.45) is 0 Å². The first-order chi connectivity index (χ1) is 13.5. The Morgan fingerprint density at radius 2 is 1.79 bits per heavy atom. The maximum Gasteiger partial charge on any atom is 0.220 e. The van der Waals surface area contributed by atoms with E-state index in [1.807, 2.05) is 32.0 Å². The molecule has 1 saturated carbocycles. The summed E-state index contributed by atoms with van der Waals surface area (Å²) in [6, 6.07) is 5.90. The molecule has 5 nitrogen and oxygen atoms in total. The van der Waals surface area contributed by atoms with E-state index in [0.717, 1.165) is 55.8 Å². The molecule has 1 aromatic rings. The number of hydrogen-bond donors (Lipinski definition) is 1. The van der Waals surface area contributed by atoms with E-state index in [-0.39, 0.29) is 30.1 Å². The molecule has 1 aliphatic heterocycles. The zero-order valence-corrected chi connectivity index (χ0v) is 17.4. The summed E-state index contributed by atoms with van der Waals surface area (Å²) >= 11 is 0. The van der Waals surface area contributed by atoms with Gasteiger partial charge in [0, 0.05) is 43.6 Å². The van der Waals surface area contributed by atoms with Gasteiger partial charge < -0.3 is 10.1 Å². The molecule has 1 amide bonds. The van der Waals surface area contributed by atoms with E-state index < -0.39 is 0 Å². The van der Waals surface area contributed by atoms with Crippen LogP contribution in [0.15, 0.2) is 18.2 Å². The Kier molecular flexibility index (Phi) is 7.24. The second kappa shape index (κ2) is 9.66. The quantitative estimate of drug-likeness (QED) is 0.730. The molecule has 0 atom stereocenters. The Morgan fingerprint density at radius 3 is 2.50 bits per heavy atom. The van der Waals surface area contributed by atoms with E-state index in [1.165, 1.54) is 19.3 Å². The molecule has 28 heavy (non-hydrogen) atoms. The van der Waals surface area contributed by atoms with Crippen LogP contribution in [-0.4, -0.2) is 55.0 Å². The van der Waals surface area contributed by atoms with Crippen molar-refractivity contribution in [1.82, 2.24) is 10.2 Å². The first-order valence-electron chi connectivity index (χ1n) is 10.7. The number of Topliss-reactive ketones (excluding diaryl/α,β-unsaturated/α-hetero) is 1. The van der Waals surface area contributed by atoms with Gasteiger partial charge in [-0.3, -0.25) is 14.5 Å². The third-order valence-corrected chi connectivity index (χ3v) is 6.35. The number of hydrogen-bond acceptors (Lipinski definition) is 4. The van der Waals surface area contributed by atoms with Crippen LogP contribution >= 0.6 is 0 Å². The summed E-state index contributed by atoms with van der Waals surface area (Å²) in [5, 5.41) is 3.15. The number of nitrogens with zero attached hydrogens (tertiary/aromatic N) is 1. The van der Waals surface area contributed by atoms with Crippen LogP contribution in [0.5, 0.6) is 0 Å². The number of morpholine rings is 1. The summed E-state index contributed by atoms with van der Waals surface area (Å²) in [6.45, 7) is 8.06. The highest BCUT2D eigenvalue weighted by Crippen LogP contribution is 2.33. The van der Waals surface area contributed by atoms with Crippen LogP contribution in [0.2, 0.25) is 0 Å². The maximum absolute atomic E-state index is 12.5. The molecule has 0 radical (unpaired) electrons. The maximum atomic E-state index is 12.5. The molecule has 1 saturated heterocycles. The lowest BCUT2D eigenvalue weighted by Gasteiger charge is -2.48. The van der Waals surface area contributed by atoms with Crippen LogP contribution < -0.4 is 5.32 Å². The number of benzene rings is 1. The molecule has 2 aliphatic rings. The highest BCUT2D eigenvalue weighted by Gasteiger charge is 2.38. The first kappa shape index (κ1) is 21.0. The second-order valence-electron chi connectivity index (χ2n) is 8.40. The number of rotatable bonds is 7. The normalized spacial score (nSPS) is 19.9. The van der Waals surface area contributed by atoms with E-state index in [4.69, 9.17) is 4.74 Å². The topological polar surface area (TPSA) is 58.6 Å². The molecule has 3 rings (SSSR count). The Balaban J connectivity index is 1.53. The van der Waals surface area contributed by atoms with Crippen LogP contribution in [0.25, 0.3) is 0 Å². The smallest absolute Gasteiger partial charge is 0.220 e. The van der Waals surface area contributed by atoms with Gasteiger partial charge >= 0.3 is 0 Å². The van der Waals surface area contributed by atoms with Crippen LogP contribution in [0.4, 0.5) is 0 Å². The van der Waals surface area contributed by atoms with Gasteiger partial charge in [0.05, 0.1) is 13.2 Å². The fourth-order valence-electron chi connectivity index (χ4n) is 4.60. The Hall–Kier alpha value is -1.72. The molecule has 0 unspecified atom stereocenters. The molecule has 0 bridgehead atoms.